The third kappa shape index (κ3) is 29.1. The molecule has 0 saturated carbocycles. The molecule has 0 aromatic heterocycles. The Kier molecular flexibility index (Phi) is 33.1. The van der Waals surface area contributed by atoms with Gasteiger partial charge in [0.2, 0.25) is 0 Å². The molecule has 2 atom stereocenters. The van der Waals surface area contributed by atoms with Crippen LogP contribution in [0.25, 0.3) is 0 Å². The zero-order chi connectivity index (χ0) is 30.7. The molecule has 1 aliphatic heterocycles. The molecule has 3 nitrogen and oxygen atoms in total. The van der Waals surface area contributed by atoms with Crippen molar-refractivity contribution in [3.05, 3.63) is 0 Å². The zero-order valence-electron chi connectivity index (χ0n) is 29.8. The minimum atomic E-state index is 0.150. The van der Waals surface area contributed by atoms with Crippen LogP contribution in [0.3, 0.4) is 0 Å². The predicted molar refractivity (Wildman–Crippen MR) is 189 cm³/mol. The molecule has 0 aromatic rings. The minimum Gasteiger partial charge on any atom is -0.376 e. The fourth-order valence-electron chi connectivity index (χ4n) is 6.60. The van der Waals surface area contributed by atoms with Gasteiger partial charge < -0.3 is 14.2 Å². The minimum absolute atomic E-state index is 0.150. The van der Waals surface area contributed by atoms with Gasteiger partial charge in [-0.05, 0) is 12.8 Å². The van der Waals surface area contributed by atoms with E-state index in [2.05, 4.69) is 13.8 Å². The second kappa shape index (κ2) is 34.7. The van der Waals surface area contributed by atoms with Crippen molar-refractivity contribution in [2.24, 2.45) is 0 Å². The van der Waals surface area contributed by atoms with E-state index in [4.69, 9.17) is 14.2 Å². The monoisotopic (exact) mass is 609 g/mol. The molecule has 0 bridgehead atoms. The first kappa shape index (κ1) is 40.9. The van der Waals surface area contributed by atoms with Crippen molar-refractivity contribution < 1.29 is 14.2 Å². The third-order valence-electron chi connectivity index (χ3n) is 9.64. The van der Waals surface area contributed by atoms with Crippen LogP contribution in [-0.4, -0.2) is 38.6 Å². The van der Waals surface area contributed by atoms with Gasteiger partial charge in [-0.25, -0.2) is 0 Å². The van der Waals surface area contributed by atoms with Gasteiger partial charge in [0.15, 0.2) is 0 Å². The van der Waals surface area contributed by atoms with E-state index >= 15 is 0 Å². The van der Waals surface area contributed by atoms with Crippen molar-refractivity contribution in [2.75, 3.05) is 26.4 Å². The second-order valence-corrected chi connectivity index (χ2v) is 14.0. The number of hydrogen-bond donors (Lipinski definition) is 0. The second-order valence-electron chi connectivity index (χ2n) is 14.0. The van der Waals surface area contributed by atoms with Crippen LogP contribution < -0.4 is 0 Å². The quantitative estimate of drug-likeness (QED) is 0.0662. The molecule has 0 radical (unpaired) electrons. The molecule has 0 aliphatic carbocycles. The summed E-state index contributed by atoms with van der Waals surface area (Å²) in [6, 6.07) is 0. The van der Waals surface area contributed by atoms with Crippen LogP contribution >= 0.6 is 0 Å². The highest BCUT2D eigenvalue weighted by atomic mass is 16.6. The van der Waals surface area contributed by atoms with Crippen LogP contribution in [0.1, 0.15) is 219 Å². The van der Waals surface area contributed by atoms with Gasteiger partial charge in [-0.2, -0.15) is 0 Å². The summed E-state index contributed by atoms with van der Waals surface area (Å²) in [6.45, 7) is 7.75. The molecule has 1 saturated heterocycles. The summed E-state index contributed by atoms with van der Waals surface area (Å²) in [5.41, 5.74) is 0. The fourth-order valence-corrected chi connectivity index (χ4v) is 6.60. The van der Waals surface area contributed by atoms with E-state index in [1.807, 2.05) is 0 Å². The van der Waals surface area contributed by atoms with Gasteiger partial charge >= 0.3 is 0 Å². The lowest BCUT2D eigenvalue weighted by molar-refractivity contribution is -0.0481. The van der Waals surface area contributed by atoms with E-state index in [0.29, 0.717) is 13.2 Å². The van der Waals surface area contributed by atoms with E-state index in [0.717, 1.165) is 13.2 Å². The molecule has 43 heavy (non-hydrogen) atoms. The maximum absolute atomic E-state index is 6.17. The average molecular weight is 609 g/mol. The maximum atomic E-state index is 6.17. The summed E-state index contributed by atoms with van der Waals surface area (Å²) in [5.74, 6) is 0. The lowest BCUT2D eigenvalue weighted by atomic mass is 10.0. The van der Waals surface area contributed by atoms with E-state index in [1.54, 1.807) is 0 Å². The Morgan fingerprint density at radius 2 is 0.535 bits per heavy atom. The summed E-state index contributed by atoms with van der Waals surface area (Å²) in [4.78, 5) is 0. The Morgan fingerprint density at radius 1 is 0.326 bits per heavy atom. The van der Waals surface area contributed by atoms with Gasteiger partial charge in [-0.1, -0.05) is 206 Å². The SMILES string of the molecule is CCCCCCCCCCCCCCCCCCO[C@H]1COC[C@H]1OCCCCCCCCCCCCCCCCCC. The first-order chi connectivity index (χ1) is 21.4. The van der Waals surface area contributed by atoms with Crippen molar-refractivity contribution in [1.82, 2.24) is 0 Å². The molecule has 0 spiro atoms. The molecule has 1 fully saturated rings. The van der Waals surface area contributed by atoms with Crippen LogP contribution in [-0.2, 0) is 14.2 Å². The van der Waals surface area contributed by atoms with E-state index in [9.17, 15) is 0 Å². The molecular weight excluding hydrogens is 528 g/mol. The van der Waals surface area contributed by atoms with Gasteiger partial charge in [0.1, 0.15) is 12.2 Å². The molecule has 3 heteroatoms. The van der Waals surface area contributed by atoms with E-state index < -0.39 is 0 Å². The number of hydrogen-bond acceptors (Lipinski definition) is 3. The molecule has 1 rings (SSSR count). The van der Waals surface area contributed by atoms with Gasteiger partial charge in [0, 0.05) is 13.2 Å². The Morgan fingerprint density at radius 3 is 0.767 bits per heavy atom. The lowest BCUT2D eigenvalue weighted by Crippen LogP contribution is -2.30. The molecule has 0 aromatic carbocycles. The van der Waals surface area contributed by atoms with Crippen LogP contribution in [0.4, 0.5) is 0 Å². The number of unbranched alkanes of at least 4 members (excludes halogenated alkanes) is 30. The molecule has 258 valence electrons. The summed E-state index contributed by atoms with van der Waals surface area (Å²) < 4.78 is 18.0. The summed E-state index contributed by atoms with van der Waals surface area (Å²) in [5, 5.41) is 0. The lowest BCUT2D eigenvalue weighted by Gasteiger charge is -2.19. The molecule has 0 amide bonds. The topological polar surface area (TPSA) is 27.7 Å². The summed E-state index contributed by atoms with van der Waals surface area (Å²) in [7, 11) is 0. The smallest absolute Gasteiger partial charge is 0.109 e. The standard InChI is InChI=1S/C40H80O3/c1-3-5-7-9-11-13-15-17-19-21-23-25-27-29-31-33-35-42-39-37-41-38-40(39)43-36-34-32-30-28-26-24-22-20-18-16-14-12-10-8-6-4-2/h39-40H,3-38H2,1-2H3/t39-,40+. The van der Waals surface area contributed by atoms with Crippen LogP contribution in [0.5, 0.6) is 0 Å². The van der Waals surface area contributed by atoms with Crippen molar-refractivity contribution in [3.63, 3.8) is 0 Å². The van der Waals surface area contributed by atoms with Crippen molar-refractivity contribution in [3.8, 4) is 0 Å². The Labute approximate surface area is 271 Å². The van der Waals surface area contributed by atoms with E-state index in [-0.39, 0.29) is 12.2 Å². The first-order valence-electron chi connectivity index (χ1n) is 20.2. The van der Waals surface area contributed by atoms with Gasteiger partial charge in [-0.3, -0.25) is 0 Å². The zero-order valence-corrected chi connectivity index (χ0v) is 29.8. The van der Waals surface area contributed by atoms with Crippen molar-refractivity contribution >= 4 is 0 Å². The molecule has 0 unspecified atom stereocenters. The first-order valence-corrected chi connectivity index (χ1v) is 20.2. The predicted octanol–water partition coefficient (Wildman–Crippen LogP) is 13.3. The van der Waals surface area contributed by atoms with Crippen LogP contribution in [0.15, 0.2) is 0 Å². The Balaban J connectivity index is 1.77. The Bertz CT molecular complexity index is 466. The summed E-state index contributed by atoms with van der Waals surface area (Å²) >= 11 is 0. The highest BCUT2D eigenvalue weighted by Gasteiger charge is 2.29. The van der Waals surface area contributed by atoms with Crippen LogP contribution in [0, 0.1) is 0 Å². The van der Waals surface area contributed by atoms with Gasteiger partial charge in [0.25, 0.3) is 0 Å². The largest absolute Gasteiger partial charge is 0.376 e. The van der Waals surface area contributed by atoms with Crippen LogP contribution in [0.2, 0.25) is 0 Å². The highest BCUT2D eigenvalue weighted by molar-refractivity contribution is 4.76. The number of rotatable bonds is 36. The highest BCUT2D eigenvalue weighted by Crippen LogP contribution is 2.18. The number of ether oxygens (including phenoxy) is 3. The molecular formula is C40H80O3. The van der Waals surface area contributed by atoms with Gasteiger partial charge in [0.05, 0.1) is 13.2 Å². The van der Waals surface area contributed by atoms with Crippen molar-refractivity contribution in [1.29, 1.82) is 0 Å². The molecule has 0 N–H and O–H groups in total. The third-order valence-corrected chi connectivity index (χ3v) is 9.64. The van der Waals surface area contributed by atoms with Gasteiger partial charge in [-0.15, -0.1) is 0 Å². The normalized spacial score (nSPS) is 16.9. The molecule has 1 heterocycles. The summed E-state index contributed by atoms with van der Waals surface area (Å²) in [6.07, 6.45) is 45.4. The van der Waals surface area contributed by atoms with E-state index in [1.165, 1.54) is 205 Å². The molecule has 1 aliphatic rings. The van der Waals surface area contributed by atoms with Crippen molar-refractivity contribution in [2.45, 2.75) is 232 Å². The fraction of sp³-hybridized carbons (Fsp3) is 1.00. The average Bonchev–Trinajstić information content (AvgIpc) is 3.47. The Hall–Kier alpha value is -0.120. The maximum Gasteiger partial charge on any atom is 0.109 e.